The maximum atomic E-state index is 11.8. The minimum Gasteiger partial charge on any atom is -0.507 e. The van der Waals surface area contributed by atoms with E-state index >= 15 is 0 Å². The van der Waals surface area contributed by atoms with Gasteiger partial charge in [-0.3, -0.25) is 0 Å². The topological polar surface area (TPSA) is 157 Å². The van der Waals surface area contributed by atoms with Gasteiger partial charge in [0.05, 0.1) is 0 Å². The molecule has 9 rings (SSSR count). The molecule has 0 amide bonds. The zero-order valence-corrected chi connectivity index (χ0v) is 37.1. The number of nitrogens with zero attached hydrogens (tertiary/aromatic N) is 4. The number of aromatic hydroxyl groups is 4. The average molecular weight is 853 g/mol. The largest absolute Gasteiger partial charge is 0.507 e. The highest BCUT2D eigenvalue weighted by atomic mass is 16.3. The highest BCUT2D eigenvalue weighted by Gasteiger charge is 2.23. The monoisotopic (exact) mass is 852 g/mol. The molecule has 0 saturated heterocycles. The third-order valence-corrected chi connectivity index (χ3v) is 12.0. The number of fused-ring (bicyclic) bond motifs is 8. The molecule has 4 aromatic heterocycles. The first-order chi connectivity index (χ1) is 30.7. The van der Waals surface area contributed by atoms with Crippen molar-refractivity contribution in [2.24, 2.45) is 0 Å². The van der Waals surface area contributed by atoms with Crippen molar-refractivity contribution in [3.63, 3.8) is 0 Å². The second-order valence-corrected chi connectivity index (χ2v) is 17.0. The van der Waals surface area contributed by atoms with E-state index in [1.165, 1.54) is 0 Å². The summed E-state index contributed by atoms with van der Waals surface area (Å²) in [5.41, 5.74) is 11.4. The van der Waals surface area contributed by atoms with Gasteiger partial charge in [0.2, 0.25) is 0 Å². The van der Waals surface area contributed by atoms with Crippen molar-refractivity contribution in [1.29, 1.82) is 0 Å². The van der Waals surface area contributed by atoms with Crippen LogP contribution in [0.4, 0.5) is 22.7 Å². The Bertz CT molecular complexity index is 2920. The number of aromatic nitrogens is 4. The predicted molar refractivity (Wildman–Crippen MR) is 258 cm³/mol. The van der Waals surface area contributed by atoms with E-state index in [0.717, 1.165) is 22.7 Å². The Balaban J connectivity index is 1.43. The van der Waals surface area contributed by atoms with Crippen LogP contribution in [0.25, 0.3) is 22.3 Å². The fourth-order valence-corrected chi connectivity index (χ4v) is 8.53. The number of nitrogens with one attached hydrogen (secondary N) is 4. The Hall–Kier alpha value is -8.12. The normalized spacial score (nSPS) is 12.5. The molecule has 0 atom stereocenters. The van der Waals surface area contributed by atoms with Gasteiger partial charge in [-0.15, -0.1) is 0 Å². The number of rotatable bonds is 8. The van der Waals surface area contributed by atoms with E-state index in [0.29, 0.717) is 88.7 Å². The standard InChI is InChI=1S/C52H52N8O4/c1-57(2)29-9-13-33(45(61)25-29)49-37-17-19-39(53-37)50(34-14-10-30(58(3)4)26-46(34)62)41-21-23-43(55-41)52(36-16-12-32(60(7)8)28-48(36)64)44-24-22-42(56-44)51(40-20-18-38(49)54-40)35-15-11-31(59(5)6)27-47(35)63/h9-28,53-56,61-64H,1-8H3. The zero-order chi connectivity index (χ0) is 45.1. The van der Waals surface area contributed by atoms with E-state index in [2.05, 4.69) is 19.9 Å². The van der Waals surface area contributed by atoms with Crippen LogP contribution in [0.15, 0.2) is 121 Å². The fraction of sp³-hybridized carbons (Fsp3) is 0.154. The molecule has 12 nitrogen and oxygen atoms in total. The molecule has 1 aliphatic heterocycles. The summed E-state index contributed by atoms with van der Waals surface area (Å²) in [5, 5.41) is 49.9. The van der Waals surface area contributed by atoms with Crippen molar-refractivity contribution in [3.05, 3.63) is 188 Å². The number of aromatic amines is 4. The Morgan fingerprint density at radius 1 is 0.281 bits per heavy atom. The van der Waals surface area contributed by atoms with E-state index in [-0.39, 0.29) is 23.0 Å². The molecule has 1 aliphatic rings. The van der Waals surface area contributed by atoms with Crippen molar-refractivity contribution in [2.45, 2.75) is 0 Å². The van der Waals surface area contributed by atoms with Crippen LogP contribution in [0.3, 0.4) is 0 Å². The Labute approximate surface area is 370 Å². The zero-order valence-electron chi connectivity index (χ0n) is 37.1. The number of H-pyrrole nitrogens is 4. The molecule has 324 valence electrons. The lowest BCUT2D eigenvalue weighted by Gasteiger charge is -2.16. The maximum absolute atomic E-state index is 11.8. The highest BCUT2D eigenvalue weighted by Crippen LogP contribution is 2.37. The summed E-state index contributed by atoms with van der Waals surface area (Å²) in [6, 6.07) is 38.4. The minimum absolute atomic E-state index is 0.0955. The third kappa shape index (κ3) is 7.28. The van der Waals surface area contributed by atoms with Crippen molar-refractivity contribution in [3.8, 4) is 23.0 Å². The van der Waals surface area contributed by atoms with Crippen LogP contribution in [-0.2, 0) is 0 Å². The van der Waals surface area contributed by atoms with E-state index in [9.17, 15) is 20.4 Å². The van der Waals surface area contributed by atoms with Gasteiger partial charge in [0.1, 0.15) is 23.0 Å². The first-order valence-corrected chi connectivity index (χ1v) is 21.0. The van der Waals surface area contributed by atoms with Crippen molar-refractivity contribution in [2.75, 3.05) is 76.0 Å². The molecule has 64 heavy (non-hydrogen) atoms. The molecular formula is C52H52N8O4. The van der Waals surface area contributed by atoms with E-state index < -0.39 is 0 Å². The molecule has 5 heterocycles. The van der Waals surface area contributed by atoms with Crippen LogP contribution < -0.4 is 41.0 Å². The maximum Gasteiger partial charge on any atom is 0.125 e. The number of phenols is 4. The lowest BCUT2D eigenvalue weighted by Crippen LogP contribution is -2.19. The second-order valence-electron chi connectivity index (χ2n) is 17.0. The van der Waals surface area contributed by atoms with Crippen LogP contribution in [0.5, 0.6) is 23.0 Å². The Morgan fingerprint density at radius 3 is 0.688 bits per heavy atom. The summed E-state index contributed by atoms with van der Waals surface area (Å²) in [4.78, 5) is 22.5. The van der Waals surface area contributed by atoms with Gasteiger partial charge in [-0.25, -0.2) is 0 Å². The molecule has 4 aromatic carbocycles. The van der Waals surface area contributed by atoms with E-state index in [1.807, 2.05) is 173 Å². The summed E-state index contributed by atoms with van der Waals surface area (Å²) < 4.78 is 0. The summed E-state index contributed by atoms with van der Waals surface area (Å²) >= 11 is 0. The van der Waals surface area contributed by atoms with Crippen molar-refractivity contribution >= 4 is 45.0 Å². The molecule has 0 radical (unpaired) electrons. The SMILES string of the molecule is CN(C)c1ccc(C2=c3ccc([nH]3)=C(c3ccc(N(C)C)cc3O)c3ccc([nH]3)C(c3ccc(N(C)C)cc3O)=c3ccc([nH]3)=C(c3ccc(N(C)C)cc3O)c3ccc2[nH]3)c(O)c1. The van der Waals surface area contributed by atoms with Gasteiger partial charge >= 0.3 is 0 Å². The van der Waals surface area contributed by atoms with Crippen molar-refractivity contribution in [1.82, 2.24) is 19.9 Å². The van der Waals surface area contributed by atoms with Gasteiger partial charge in [-0.2, -0.15) is 0 Å². The highest BCUT2D eigenvalue weighted by molar-refractivity contribution is 5.88. The third-order valence-electron chi connectivity index (χ3n) is 12.0. The number of phenolic OH excluding ortho intramolecular Hbond substituents is 4. The van der Waals surface area contributed by atoms with Crippen LogP contribution in [-0.4, -0.2) is 96.7 Å². The van der Waals surface area contributed by atoms with Gasteiger partial charge in [-0.1, -0.05) is 0 Å². The Morgan fingerprint density at radius 2 is 0.500 bits per heavy atom. The quantitative estimate of drug-likeness (QED) is 0.101. The molecule has 12 heteroatoms. The molecule has 8 bridgehead atoms. The summed E-state index contributed by atoms with van der Waals surface area (Å²) in [6.07, 6.45) is 0. The number of hydrogen-bond acceptors (Lipinski definition) is 8. The smallest absolute Gasteiger partial charge is 0.125 e. The second kappa shape index (κ2) is 16.0. The summed E-state index contributed by atoms with van der Waals surface area (Å²) in [5.74, 6) is 0.382. The molecule has 0 saturated carbocycles. The molecule has 0 fully saturated rings. The molecular weight excluding hydrogens is 801 g/mol. The molecule has 0 aliphatic carbocycles. The van der Waals surface area contributed by atoms with E-state index in [4.69, 9.17) is 0 Å². The van der Waals surface area contributed by atoms with Gasteiger partial charge in [0, 0.05) is 192 Å². The molecule has 0 spiro atoms. The summed E-state index contributed by atoms with van der Waals surface area (Å²) in [6.45, 7) is 0. The fourth-order valence-electron chi connectivity index (χ4n) is 8.53. The minimum atomic E-state index is 0.0955. The van der Waals surface area contributed by atoms with Crippen LogP contribution >= 0.6 is 0 Å². The average Bonchev–Trinajstić information content (AvgIpc) is 4.10. The molecule has 8 aromatic rings. The number of hydrogen-bond donors (Lipinski definition) is 8. The van der Waals surface area contributed by atoms with Crippen LogP contribution in [0, 0.1) is 0 Å². The lowest BCUT2D eigenvalue weighted by molar-refractivity contribution is 0.473. The van der Waals surface area contributed by atoms with Crippen LogP contribution in [0.1, 0.15) is 45.0 Å². The number of benzene rings is 4. The van der Waals surface area contributed by atoms with E-state index in [1.54, 1.807) is 24.3 Å². The Kier molecular flexibility index (Phi) is 10.3. The van der Waals surface area contributed by atoms with Crippen molar-refractivity contribution < 1.29 is 20.4 Å². The van der Waals surface area contributed by atoms with Gasteiger partial charge in [0.15, 0.2) is 0 Å². The van der Waals surface area contributed by atoms with Crippen LogP contribution in [0.2, 0.25) is 0 Å². The molecule has 0 unspecified atom stereocenters. The predicted octanol–water partition coefficient (Wildman–Crippen LogP) is 5.39. The lowest BCUT2D eigenvalue weighted by atomic mass is 10.0. The molecule has 8 N–H and O–H groups in total. The first kappa shape index (κ1) is 41.2. The first-order valence-electron chi connectivity index (χ1n) is 21.0. The van der Waals surface area contributed by atoms with Gasteiger partial charge < -0.3 is 60.0 Å². The van der Waals surface area contributed by atoms with Gasteiger partial charge in [0.25, 0.3) is 0 Å². The number of anilines is 4. The summed E-state index contributed by atoms with van der Waals surface area (Å²) in [7, 11) is 15.4. The van der Waals surface area contributed by atoms with Gasteiger partial charge in [-0.05, 0) is 97.1 Å².